The van der Waals surface area contributed by atoms with Crippen LogP contribution in [-0.4, -0.2) is 49.0 Å². The zero-order valence-electron chi connectivity index (χ0n) is 9.89. The maximum absolute atomic E-state index is 9.75. The van der Waals surface area contributed by atoms with Crippen LogP contribution in [-0.2, 0) is 4.74 Å². The zero-order valence-corrected chi connectivity index (χ0v) is 9.89. The molecule has 0 amide bonds. The van der Waals surface area contributed by atoms with E-state index in [2.05, 4.69) is 15.0 Å². The third-order valence-electron chi connectivity index (χ3n) is 2.51. The van der Waals surface area contributed by atoms with Crippen molar-refractivity contribution in [3.05, 3.63) is 12.7 Å². The van der Waals surface area contributed by atoms with Gasteiger partial charge in [-0.1, -0.05) is 0 Å². The van der Waals surface area contributed by atoms with Crippen LogP contribution in [0.15, 0.2) is 12.7 Å². The van der Waals surface area contributed by atoms with Gasteiger partial charge in [0.1, 0.15) is 17.9 Å². The summed E-state index contributed by atoms with van der Waals surface area (Å²) < 4.78 is 6.92. The highest BCUT2D eigenvalue weighted by Crippen LogP contribution is 2.21. The van der Waals surface area contributed by atoms with E-state index in [9.17, 15) is 5.11 Å². The van der Waals surface area contributed by atoms with E-state index in [1.54, 1.807) is 6.92 Å². The summed E-state index contributed by atoms with van der Waals surface area (Å²) in [6.45, 7) is 1.74. The number of nitrogens with two attached hydrogens (primary N) is 1. The molecule has 4 N–H and O–H groups in total. The number of nitrogen functional groups attached to an aromatic ring is 1. The molecule has 0 aliphatic rings. The van der Waals surface area contributed by atoms with Gasteiger partial charge in [-0.2, -0.15) is 0 Å². The first kappa shape index (κ1) is 12.7. The normalized spacial score (nSPS) is 14.8. The SMILES string of the molecule is CCOC(C(O)CO)n1cnc2c(N)ncnc21. The smallest absolute Gasteiger partial charge is 0.167 e. The number of hydrogen-bond acceptors (Lipinski definition) is 7. The Labute approximate surface area is 103 Å². The second-order valence-corrected chi connectivity index (χ2v) is 3.68. The van der Waals surface area contributed by atoms with E-state index >= 15 is 0 Å². The van der Waals surface area contributed by atoms with Crippen LogP contribution in [0, 0.1) is 0 Å². The molecule has 18 heavy (non-hydrogen) atoms. The summed E-state index contributed by atoms with van der Waals surface area (Å²) >= 11 is 0. The molecule has 2 heterocycles. The van der Waals surface area contributed by atoms with E-state index in [0.717, 1.165) is 0 Å². The lowest BCUT2D eigenvalue weighted by Gasteiger charge is -2.22. The Bertz CT molecular complexity index is 529. The van der Waals surface area contributed by atoms with E-state index < -0.39 is 18.9 Å². The Kier molecular flexibility index (Phi) is 3.70. The van der Waals surface area contributed by atoms with Crippen molar-refractivity contribution in [2.45, 2.75) is 19.3 Å². The van der Waals surface area contributed by atoms with E-state index in [0.29, 0.717) is 17.8 Å². The predicted octanol–water partition coefficient (Wildman–Crippen LogP) is -0.703. The summed E-state index contributed by atoms with van der Waals surface area (Å²) in [4.78, 5) is 12.0. The molecule has 2 rings (SSSR count). The van der Waals surface area contributed by atoms with Crippen molar-refractivity contribution in [2.24, 2.45) is 0 Å². The van der Waals surface area contributed by atoms with Gasteiger partial charge < -0.3 is 20.7 Å². The van der Waals surface area contributed by atoms with Gasteiger partial charge in [-0.05, 0) is 6.92 Å². The number of fused-ring (bicyclic) bond motifs is 1. The highest BCUT2D eigenvalue weighted by Gasteiger charge is 2.23. The average Bonchev–Trinajstić information content (AvgIpc) is 2.80. The monoisotopic (exact) mass is 253 g/mol. The lowest BCUT2D eigenvalue weighted by molar-refractivity contribution is -0.0924. The molecule has 0 aromatic carbocycles. The van der Waals surface area contributed by atoms with Gasteiger partial charge in [0, 0.05) is 6.61 Å². The fraction of sp³-hybridized carbons (Fsp3) is 0.500. The van der Waals surface area contributed by atoms with E-state index in [1.165, 1.54) is 17.2 Å². The van der Waals surface area contributed by atoms with Crippen molar-refractivity contribution >= 4 is 17.0 Å². The summed E-state index contributed by atoms with van der Waals surface area (Å²) in [7, 11) is 0. The molecule has 2 aromatic heterocycles. The van der Waals surface area contributed by atoms with Crippen LogP contribution in [0.25, 0.3) is 11.2 Å². The fourth-order valence-electron chi connectivity index (χ4n) is 1.69. The van der Waals surface area contributed by atoms with Gasteiger partial charge in [-0.15, -0.1) is 0 Å². The maximum atomic E-state index is 9.75. The van der Waals surface area contributed by atoms with Crippen LogP contribution in [0.4, 0.5) is 5.82 Å². The van der Waals surface area contributed by atoms with Crippen LogP contribution in [0.2, 0.25) is 0 Å². The standard InChI is InChI=1S/C10H15N5O3/c1-2-18-10(6(17)3-16)15-5-14-7-8(11)12-4-13-9(7)15/h4-6,10,16-17H,2-3H2,1H3,(H2,11,12,13). The van der Waals surface area contributed by atoms with Crippen LogP contribution in [0.1, 0.15) is 13.2 Å². The molecule has 2 aromatic rings. The van der Waals surface area contributed by atoms with Crippen molar-refractivity contribution in [3.63, 3.8) is 0 Å². The lowest BCUT2D eigenvalue weighted by atomic mass is 10.3. The molecule has 0 aliphatic heterocycles. The quantitative estimate of drug-likeness (QED) is 0.644. The minimum atomic E-state index is -1.07. The van der Waals surface area contributed by atoms with Crippen LogP contribution >= 0.6 is 0 Å². The molecular formula is C10H15N5O3. The lowest BCUT2D eigenvalue weighted by Crippen LogP contribution is -2.29. The summed E-state index contributed by atoms with van der Waals surface area (Å²) in [5.74, 6) is 0.257. The van der Waals surface area contributed by atoms with Crippen molar-refractivity contribution in [1.29, 1.82) is 0 Å². The van der Waals surface area contributed by atoms with Gasteiger partial charge in [0.2, 0.25) is 0 Å². The van der Waals surface area contributed by atoms with E-state index in [-0.39, 0.29) is 5.82 Å². The van der Waals surface area contributed by atoms with Crippen molar-refractivity contribution in [1.82, 2.24) is 19.5 Å². The third-order valence-corrected chi connectivity index (χ3v) is 2.51. The van der Waals surface area contributed by atoms with Gasteiger partial charge in [-0.25, -0.2) is 15.0 Å². The van der Waals surface area contributed by atoms with Crippen molar-refractivity contribution in [2.75, 3.05) is 18.9 Å². The highest BCUT2D eigenvalue weighted by atomic mass is 16.5. The largest absolute Gasteiger partial charge is 0.394 e. The molecule has 2 atom stereocenters. The van der Waals surface area contributed by atoms with Crippen LogP contribution in [0.5, 0.6) is 0 Å². The molecule has 0 aliphatic carbocycles. The highest BCUT2D eigenvalue weighted by molar-refractivity contribution is 5.81. The molecule has 0 saturated heterocycles. The Morgan fingerprint density at radius 1 is 1.44 bits per heavy atom. The molecule has 0 saturated carbocycles. The maximum Gasteiger partial charge on any atom is 0.167 e. The number of aromatic nitrogens is 4. The average molecular weight is 253 g/mol. The molecule has 0 bridgehead atoms. The number of imidazole rings is 1. The van der Waals surface area contributed by atoms with Crippen LogP contribution < -0.4 is 5.73 Å². The molecule has 0 spiro atoms. The molecule has 2 unspecified atom stereocenters. The molecule has 0 radical (unpaired) electrons. The topological polar surface area (TPSA) is 119 Å². The fourth-order valence-corrected chi connectivity index (χ4v) is 1.69. The van der Waals surface area contributed by atoms with E-state index in [4.69, 9.17) is 15.6 Å². The number of anilines is 1. The van der Waals surface area contributed by atoms with Crippen molar-refractivity contribution in [3.8, 4) is 0 Å². The van der Waals surface area contributed by atoms with Gasteiger partial charge in [0.25, 0.3) is 0 Å². The molecule has 0 fully saturated rings. The van der Waals surface area contributed by atoms with Gasteiger partial charge in [0.05, 0.1) is 12.9 Å². The Balaban J connectivity index is 2.47. The molecular weight excluding hydrogens is 238 g/mol. The number of rotatable bonds is 5. The minimum absolute atomic E-state index is 0.257. The summed E-state index contributed by atoms with van der Waals surface area (Å²) in [5, 5.41) is 18.8. The number of nitrogens with zero attached hydrogens (tertiary/aromatic N) is 4. The minimum Gasteiger partial charge on any atom is -0.394 e. The second-order valence-electron chi connectivity index (χ2n) is 3.68. The van der Waals surface area contributed by atoms with E-state index in [1.807, 2.05) is 0 Å². The van der Waals surface area contributed by atoms with Gasteiger partial charge in [0.15, 0.2) is 17.7 Å². The Morgan fingerprint density at radius 2 is 2.22 bits per heavy atom. The second kappa shape index (κ2) is 5.25. The Morgan fingerprint density at radius 3 is 2.89 bits per heavy atom. The molecule has 8 nitrogen and oxygen atoms in total. The zero-order chi connectivity index (χ0) is 13.1. The molecule has 98 valence electrons. The summed E-state index contributed by atoms with van der Waals surface area (Å²) in [6, 6.07) is 0. The Hall–Kier alpha value is -1.77. The van der Waals surface area contributed by atoms with Gasteiger partial charge in [-0.3, -0.25) is 4.57 Å². The number of hydrogen-bond donors (Lipinski definition) is 3. The number of ether oxygens (including phenoxy) is 1. The first-order valence-corrected chi connectivity index (χ1v) is 5.52. The third kappa shape index (κ3) is 2.13. The first-order chi connectivity index (χ1) is 8.69. The van der Waals surface area contributed by atoms with Crippen molar-refractivity contribution < 1.29 is 14.9 Å². The summed E-state index contributed by atoms with van der Waals surface area (Å²) in [5.41, 5.74) is 6.56. The van der Waals surface area contributed by atoms with Gasteiger partial charge >= 0.3 is 0 Å². The summed E-state index contributed by atoms with van der Waals surface area (Å²) in [6.07, 6.45) is 0.928. The first-order valence-electron chi connectivity index (χ1n) is 5.52. The number of aliphatic hydroxyl groups is 2. The number of aliphatic hydroxyl groups excluding tert-OH is 2. The van der Waals surface area contributed by atoms with Crippen LogP contribution in [0.3, 0.4) is 0 Å². The predicted molar refractivity (Wildman–Crippen MR) is 63.5 cm³/mol. The molecule has 8 heteroatoms.